The van der Waals surface area contributed by atoms with Crippen LogP contribution in [0.2, 0.25) is 0 Å². The molecule has 1 aliphatic heterocycles. The maximum absolute atomic E-state index is 13.4. The van der Waals surface area contributed by atoms with E-state index in [1.807, 2.05) is 12.1 Å². The summed E-state index contributed by atoms with van der Waals surface area (Å²) in [6, 6.07) is 19.7. The van der Waals surface area contributed by atoms with Crippen molar-refractivity contribution in [3.8, 4) is 0 Å². The molecule has 0 aliphatic carbocycles. The van der Waals surface area contributed by atoms with Crippen LogP contribution in [0.15, 0.2) is 77.9 Å². The molecule has 0 unspecified atom stereocenters. The molecular weight excluding hydrogens is 413 g/mol. The molecule has 3 aromatic rings. The topological polar surface area (TPSA) is 111 Å². The minimum atomic E-state index is -0.993. The average Bonchev–Trinajstić information content (AvgIpc) is 3.26. The molecule has 0 fully saturated rings. The molecule has 0 bridgehead atoms. The average molecular weight is 434 g/mol. The largest absolute Gasteiger partial charge is 0.478 e. The Bertz CT molecular complexity index is 1180. The van der Waals surface area contributed by atoms with Crippen molar-refractivity contribution in [3.63, 3.8) is 0 Å². The van der Waals surface area contributed by atoms with E-state index < -0.39 is 5.97 Å². The van der Waals surface area contributed by atoms with Gasteiger partial charge < -0.3 is 10.4 Å². The first-order chi connectivity index (χ1) is 15.5. The van der Waals surface area contributed by atoms with E-state index in [1.54, 1.807) is 46.9 Å². The van der Waals surface area contributed by atoms with E-state index in [0.29, 0.717) is 17.9 Å². The third-order valence-electron chi connectivity index (χ3n) is 4.87. The van der Waals surface area contributed by atoms with Gasteiger partial charge in [0.2, 0.25) is 0 Å². The van der Waals surface area contributed by atoms with Crippen LogP contribution in [0.3, 0.4) is 0 Å². The molecule has 0 radical (unpaired) electrons. The molecule has 5 N–H and O–H groups in total. The van der Waals surface area contributed by atoms with Gasteiger partial charge in [-0.05, 0) is 53.6 Å². The van der Waals surface area contributed by atoms with E-state index >= 15 is 0 Å². The number of rotatable bonds is 7. The van der Waals surface area contributed by atoms with E-state index in [-0.39, 0.29) is 23.8 Å². The Balaban J connectivity index is 1.39. The molecule has 9 heteroatoms. The van der Waals surface area contributed by atoms with Gasteiger partial charge >= 0.3 is 5.97 Å². The standard InChI is InChI=1S/C23H20FN5O3/c24-20-6-1-3-16(11-20)14-29-27-21(26-28-29)18-4-2-5-19(12-18)22(30)25-13-15-7-9-17(10-8-15)23(31)32/h1-12,28H,13-14H2,(H,25,30)(H,26,27)(H,31,32)/p+1. The number of hydrazone groups is 1. The zero-order valence-corrected chi connectivity index (χ0v) is 17.0. The highest BCUT2D eigenvalue weighted by Crippen LogP contribution is 2.10. The third kappa shape index (κ3) is 5.15. The maximum Gasteiger partial charge on any atom is 0.335 e. The van der Waals surface area contributed by atoms with Crippen LogP contribution in [0.1, 0.15) is 37.4 Å². The second-order valence-electron chi connectivity index (χ2n) is 7.21. The number of hydrogen-bond acceptors (Lipinski definition) is 5. The lowest BCUT2D eigenvalue weighted by atomic mass is 10.1. The summed E-state index contributed by atoms with van der Waals surface area (Å²) in [6.45, 7) is 0.664. The highest BCUT2D eigenvalue weighted by atomic mass is 19.1. The lowest BCUT2D eigenvalue weighted by Crippen LogP contribution is -2.95. The molecule has 1 heterocycles. The lowest BCUT2D eigenvalue weighted by Gasteiger charge is -2.09. The Morgan fingerprint density at radius 1 is 1.00 bits per heavy atom. The second kappa shape index (κ2) is 9.38. The normalized spacial score (nSPS) is 13.0. The molecule has 0 saturated heterocycles. The van der Waals surface area contributed by atoms with Gasteiger partial charge in [0.25, 0.3) is 11.7 Å². The fourth-order valence-electron chi connectivity index (χ4n) is 3.22. The number of carbonyl (C=O) groups excluding carboxylic acids is 1. The van der Waals surface area contributed by atoms with Crippen molar-refractivity contribution in [2.24, 2.45) is 5.10 Å². The van der Waals surface area contributed by atoms with Crippen molar-refractivity contribution < 1.29 is 24.5 Å². The number of benzene rings is 3. The summed E-state index contributed by atoms with van der Waals surface area (Å²) in [5, 5.41) is 17.9. The summed E-state index contributed by atoms with van der Waals surface area (Å²) >= 11 is 0. The highest BCUT2D eigenvalue weighted by molar-refractivity contribution is 5.98. The van der Waals surface area contributed by atoms with Crippen molar-refractivity contribution in [2.75, 3.05) is 0 Å². The SMILES string of the molecule is O=C(O)c1ccc(CNC(=O)c2cccc(C3=NN(Cc4cccc(F)c4)N[NH2+]3)c2)cc1. The van der Waals surface area contributed by atoms with Gasteiger partial charge in [0, 0.05) is 12.1 Å². The molecule has 32 heavy (non-hydrogen) atoms. The lowest BCUT2D eigenvalue weighted by molar-refractivity contribution is -0.620. The van der Waals surface area contributed by atoms with E-state index in [2.05, 4.69) is 16.0 Å². The molecule has 3 aromatic carbocycles. The molecule has 0 saturated carbocycles. The van der Waals surface area contributed by atoms with E-state index in [9.17, 15) is 14.0 Å². The number of nitrogens with one attached hydrogen (secondary N) is 2. The minimum absolute atomic E-state index is 0.196. The molecule has 0 aromatic heterocycles. The fourth-order valence-corrected chi connectivity index (χ4v) is 3.22. The summed E-state index contributed by atoms with van der Waals surface area (Å²) < 4.78 is 13.4. The van der Waals surface area contributed by atoms with Gasteiger partial charge in [-0.15, -0.1) is 0 Å². The van der Waals surface area contributed by atoms with Crippen molar-refractivity contribution in [2.45, 2.75) is 13.1 Å². The molecular formula is C23H21FN5O3+. The Kier molecular flexibility index (Phi) is 6.20. The number of nitrogens with zero attached hydrogens (tertiary/aromatic N) is 2. The molecule has 8 nitrogen and oxygen atoms in total. The number of quaternary nitrogens is 1. The van der Waals surface area contributed by atoms with Crippen LogP contribution >= 0.6 is 0 Å². The second-order valence-corrected chi connectivity index (χ2v) is 7.21. The summed E-state index contributed by atoms with van der Waals surface area (Å²) in [6.07, 6.45) is 0. The smallest absolute Gasteiger partial charge is 0.335 e. The van der Waals surface area contributed by atoms with Gasteiger partial charge in [0.15, 0.2) is 0 Å². The van der Waals surface area contributed by atoms with Gasteiger partial charge in [-0.1, -0.05) is 41.0 Å². The van der Waals surface area contributed by atoms with Gasteiger partial charge in [-0.25, -0.2) is 9.18 Å². The summed E-state index contributed by atoms with van der Waals surface area (Å²) in [5.74, 6) is -0.892. The Morgan fingerprint density at radius 3 is 2.53 bits per heavy atom. The van der Waals surface area contributed by atoms with Crippen molar-refractivity contribution in [1.82, 2.24) is 16.0 Å². The number of aromatic carboxylic acids is 1. The first kappa shape index (κ1) is 21.2. The molecule has 1 aliphatic rings. The molecule has 4 rings (SSSR count). The van der Waals surface area contributed by atoms with Crippen LogP contribution in [0.25, 0.3) is 0 Å². The zero-order chi connectivity index (χ0) is 22.5. The Morgan fingerprint density at radius 2 is 1.78 bits per heavy atom. The van der Waals surface area contributed by atoms with E-state index in [4.69, 9.17) is 5.11 Å². The number of hydrazine groups is 1. The maximum atomic E-state index is 13.4. The van der Waals surface area contributed by atoms with Gasteiger partial charge in [0.1, 0.15) is 5.82 Å². The number of hydrogen-bond donors (Lipinski definition) is 4. The molecule has 0 atom stereocenters. The number of amidine groups is 1. The monoisotopic (exact) mass is 434 g/mol. The van der Waals surface area contributed by atoms with Gasteiger partial charge in [-0.3, -0.25) is 4.79 Å². The summed E-state index contributed by atoms with van der Waals surface area (Å²) in [5.41, 5.74) is 7.75. The van der Waals surface area contributed by atoms with E-state index in [0.717, 1.165) is 16.7 Å². The van der Waals surface area contributed by atoms with Gasteiger partial charge in [-0.2, -0.15) is 10.5 Å². The van der Waals surface area contributed by atoms with Crippen LogP contribution < -0.4 is 16.3 Å². The fraction of sp³-hybridized carbons (Fsp3) is 0.0870. The Hall–Kier alpha value is -4.08. The Labute approximate surface area is 183 Å². The highest BCUT2D eigenvalue weighted by Gasteiger charge is 2.21. The van der Waals surface area contributed by atoms with Crippen LogP contribution in [0, 0.1) is 5.82 Å². The van der Waals surface area contributed by atoms with Crippen molar-refractivity contribution >= 4 is 17.7 Å². The summed E-state index contributed by atoms with van der Waals surface area (Å²) in [4.78, 5) is 23.5. The van der Waals surface area contributed by atoms with Crippen LogP contribution in [0.5, 0.6) is 0 Å². The predicted octanol–water partition coefficient (Wildman–Crippen LogP) is 1.61. The molecule has 0 spiro atoms. The van der Waals surface area contributed by atoms with E-state index in [1.165, 1.54) is 24.3 Å². The molecule has 162 valence electrons. The van der Waals surface area contributed by atoms with Crippen molar-refractivity contribution in [3.05, 3.63) is 106 Å². The predicted molar refractivity (Wildman–Crippen MR) is 115 cm³/mol. The number of carboxylic acid groups (broad SMARTS) is 1. The third-order valence-corrected chi connectivity index (χ3v) is 4.87. The zero-order valence-electron chi connectivity index (χ0n) is 17.0. The number of amides is 1. The van der Waals surface area contributed by atoms with Crippen LogP contribution in [-0.2, 0) is 13.1 Å². The number of halogens is 1. The minimum Gasteiger partial charge on any atom is -0.478 e. The molecule has 1 amide bonds. The number of carboxylic acids is 1. The van der Waals surface area contributed by atoms with Crippen LogP contribution in [0.4, 0.5) is 4.39 Å². The summed E-state index contributed by atoms with van der Waals surface area (Å²) in [7, 11) is 0. The van der Waals surface area contributed by atoms with Gasteiger partial charge in [0.05, 0.1) is 17.7 Å². The first-order valence-corrected chi connectivity index (χ1v) is 9.89. The number of nitrogens with two attached hydrogens (primary N) is 1. The first-order valence-electron chi connectivity index (χ1n) is 9.89. The number of carbonyl (C=O) groups is 2. The quantitative estimate of drug-likeness (QED) is 0.423. The van der Waals surface area contributed by atoms with Crippen molar-refractivity contribution in [1.29, 1.82) is 0 Å². The van der Waals surface area contributed by atoms with Crippen LogP contribution in [-0.4, -0.2) is 27.9 Å².